The molecule has 26 heavy (non-hydrogen) atoms. The molecule has 0 fully saturated rings. The molecule has 1 heterocycles. The minimum atomic E-state index is -0.315. The predicted molar refractivity (Wildman–Crippen MR) is 99.3 cm³/mol. The van der Waals surface area contributed by atoms with E-state index in [-0.39, 0.29) is 5.82 Å². The molecule has 0 spiro atoms. The Hall–Kier alpha value is -3.35. The number of rotatable bonds is 6. The lowest BCUT2D eigenvalue weighted by atomic mass is 10.2. The van der Waals surface area contributed by atoms with E-state index in [4.69, 9.17) is 9.47 Å². The summed E-state index contributed by atoms with van der Waals surface area (Å²) in [5.41, 5.74) is 1.40. The maximum atomic E-state index is 13.3. The molecule has 0 aliphatic carbocycles. The number of nitrogens with zero attached hydrogens (tertiary/aromatic N) is 2. The molecule has 7 heteroatoms. The maximum Gasteiger partial charge on any atom is 0.162 e. The fraction of sp³-hybridized carbons (Fsp3) is 0.158. The molecule has 1 aromatic heterocycles. The van der Waals surface area contributed by atoms with Crippen molar-refractivity contribution in [2.45, 2.75) is 6.92 Å². The molecule has 0 saturated carbocycles. The third kappa shape index (κ3) is 4.18. The molecule has 2 aromatic carbocycles. The summed E-state index contributed by atoms with van der Waals surface area (Å²) in [5.74, 6) is 2.68. The van der Waals surface area contributed by atoms with Gasteiger partial charge in [-0.3, -0.25) is 0 Å². The average molecular weight is 354 g/mol. The smallest absolute Gasteiger partial charge is 0.162 e. The first-order chi connectivity index (χ1) is 12.6. The molecule has 0 radical (unpaired) electrons. The van der Waals surface area contributed by atoms with Gasteiger partial charge in [0.15, 0.2) is 11.5 Å². The quantitative estimate of drug-likeness (QED) is 0.683. The first kappa shape index (κ1) is 17.5. The van der Waals surface area contributed by atoms with Gasteiger partial charge in [-0.2, -0.15) is 0 Å². The van der Waals surface area contributed by atoms with E-state index >= 15 is 0 Å². The van der Waals surface area contributed by atoms with Crippen LogP contribution in [0.1, 0.15) is 5.82 Å². The van der Waals surface area contributed by atoms with Gasteiger partial charge in [-0.25, -0.2) is 14.4 Å². The predicted octanol–water partition coefficient (Wildman–Crippen LogP) is 4.43. The molecule has 3 aromatic rings. The number of anilines is 4. The summed E-state index contributed by atoms with van der Waals surface area (Å²) in [7, 11) is 3.17. The molecule has 0 unspecified atom stereocenters. The van der Waals surface area contributed by atoms with Crippen LogP contribution in [0.3, 0.4) is 0 Å². The second-order valence-corrected chi connectivity index (χ2v) is 5.52. The molecule has 0 saturated heterocycles. The van der Waals surface area contributed by atoms with Crippen LogP contribution in [-0.2, 0) is 0 Å². The maximum absolute atomic E-state index is 13.3. The largest absolute Gasteiger partial charge is 0.493 e. The summed E-state index contributed by atoms with van der Waals surface area (Å²) in [6.07, 6.45) is 0. The Bertz CT molecular complexity index is 918. The Morgan fingerprint density at radius 1 is 0.808 bits per heavy atom. The van der Waals surface area contributed by atoms with E-state index in [1.807, 2.05) is 12.1 Å². The van der Waals surface area contributed by atoms with Gasteiger partial charge < -0.3 is 20.1 Å². The van der Waals surface area contributed by atoms with Crippen LogP contribution in [0.15, 0.2) is 48.5 Å². The molecule has 0 amide bonds. The second kappa shape index (κ2) is 7.69. The zero-order valence-electron chi connectivity index (χ0n) is 14.7. The molecule has 0 atom stereocenters. The van der Waals surface area contributed by atoms with Crippen molar-refractivity contribution in [2.24, 2.45) is 0 Å². The molecular formula is C19H19FN4O2. The van der Waals surface area contributed by atoms with Crippen LogP contribution < -0.4 is 20.1 Å². The van der Waals surface area contributed by atoms with Crippen molar-refractivity contribution in [3.8, 4) is 11.5 Å². The van der Waals surface area contributed by atoms with E-state index in [1.165, 1.54) is 12.1 Å². The minimum Gasteiger partial charge on any atom is -0.493 e. The Morgan fingerprint density at radius 2 is 1.46 bits per heavy atom. The van der Waals surface area contributed by atoms with Gasteiger partial charge in [0.1, 0.15) is 23.3 Å². The lowest BCUT2D eigenvalue weighted by molar-refractivity contribution is 0.355. The van der Waals surface area contributed by atoms with Crippen LogP contribution in [0.4, 0.5) is 27.4 Å². The normalized spacial score (nSPS) is 10.3. The second-order valence-electron chi connectivity index (χ2n) is 5.52. The number of nitrogens with one attached hydrogen (secondary N) is 2. The average Bonchev–Trinajstić information content (AvgIpc) is 2.61. The van der Waals surface area contributed by atoms with Crippen LogP contribution >= 0.6 is 0 Å². The fourth-order valence-electron chi connectivity index (χ4n) is 2.47. The van der Waals surface area contributed by atoms with E-state index in [2.05, 4.69) is 20.6 Å². The van der Waals surface area contributed by atoms with E-state index in [1.54, 1.807) is 45.4 Å². The van der Waals surface area contributed by atoms with Gasteiger partial charge in [-0.15, -0.1) is 0 Å². The summed E-state index contributed by atoms with van der Waals surface area (Å²) >= 11 is 0. The van der Waals surface area contributed by atoms with Gasteiger partial charge in [-0.1, -0.05) is 6.07 Å². The van der Waals surface area contributed by atoms with Crippen molar-refractivity contribution in [1.82, 2.24) is 9.97 Å². The zero-order valence-corrected chi connectivity index (χ0v) is 14.7. The third-order valence-corrected chi connectivity index (χ3v) is 3.59. The molecule has 0 aliphatic rings. The van der Waals surface area contributed by atoms with Gasteiger partial charge in [0.2, 0.25) is 0 Å². The number of hydrogen-bond donors (Lipinski definition) is 2. The van der Waals surface area contributed by atoms with Crippen molar-refractivity contribution in [2.75, 3.05) is 24.9 Å². The van der Waals surface area contributed by atoms with Crippen molar-refractivity contribution < 1.29 is 13.9 Å². The lowest BCUT2D eigenvalue weighted by Crippen LogP contribution is -2.02. The van der Waals surface area contributed by atoms with Crippen LogP contribution in [0, 0.1) is 12.7 Å². The minimum absolute atomic E-state index is 0.315. The Kier molecular flexibility index (Phi) is 5.17. The van der Waals surface area contributed by atoms with E-state index in [0.29, 0.717) is 34.6 Å². The number of benzene rings is 2. The lowest BCUT2D eigenvalue weighted by Gasteiger charge is -2.12. The van der Waals surface area contributed by atoms with Crippen molar-refractivity contribution in [1.29, 1.82) is 0 Å². The SMILES string of the molecule is COc1ccc(Nc2cc(Nc3cccc(F)c3)nc(C)n2)cc1OC. The van der Waals surface area contributed by atoms with Crippen LogP contribution in [-0.4, -0.2) is 24.2 Å². The number of aryl methyl sites for hydroxylation is 1. The fourth-order valence-corrected chi connectivity index (χ4v) is 2.47. The highest BCUT2D eigenvalue weighted by Gasteiger charge is 2.07. The Balaban J connectivity index is 1.83. The number of ether oxygens (including phenoxy) is 2. The molecular weight excluding hydrogens is 335 g/mol. The van der Waals surface area contributed by atoms with Gasteiger partial charge in [0.25, 0.3) is 0 Å². The monoisotopic (exact) mass is 354 g/mol. The van der Waals surface area contributed by atoms with Crippen LogP contribution in [0.25, 0.3) is 0 Å². The highest BCUT2D eigenvalue weighted by molar-refractivity contribution is 5.65. The van der Waals surface area contributed by atoms with Crippen molar-refractivity contribution in [3.05, 3.63) is 60.2 Å². The number of aromatic nitrogens is 2. The number of hydrogen-bond acceptors (Lipinski definition) is 6. The molecule has 3 rings (SSSR count). The van der Waals surface area contributed by atoms with Gasteiger partial charge in [-0.05, 0) is 37.3 Å². The molecule has 2 N–H and O–H groups in total. The Morgan fingerprint density at radius 3 is 2.08 bits per heavy atom. The molecule has 6 nitrogen and oxygen atoms in total. The third-order valence-electron chi connectivity index (χ3n) is 3.59. The first-order valence-corrected chi connectivity index (χ1v) is 7.94. The summed E-state index contributed by atoms with van der Waals surface area (Å²) < 4.78 is 23.9. The van der Waals surface area contributed by atoms with Gasteiger partial charge in [0.05, 0.1) is 14.2 Å². The Labute approximate surface area is 151 Å². The number of halogens is 1. The van der Waals surface area contributed by atoms with Crippen LogP contribution in [0.2, 0.25) is 0 Å². The summed E-state index contributed by atoms with van der Waals surface area (Å²) in [6, 6.07) is 13.4. The molecule has 0 aliphatic heterocycles. The van der Waals surface area contributed by atoms with Crippen LogP contribution in [0.5, 0.6) is 11.5 Å². The standard InChI is InChI=1S/C19H19FN4O2/c1-12-21-18(23-14-6-4-5-13(20)9-14)11-19(22-12)24-15-7-8-16(25-2)17(10-15)26-3/h4-11H,1-3H3,(H2,21,22,23,24). The van der Waals surface area contributed by atoms with E-state index in [0.717, 1.165) is 5.69 Å². The highest BCUT2D eigenvalue weighted by Crippen LogP contribution is 2.31. The van der Waals surface area contributed by atoms with E-state index in [9.17, 15) is 4.39 Å². The summed E-state index contributed by atoms with van der Waals surface area (Å²) in [4.78, 5) is 8.71. The number of methoxy groups -OCH3 is 2. The van der Waals surface area contributed by atoms with Crippen molar-refractivity contribution >= 4 is 23.0 Å². The first-order valence-electron chi connectivity index (χ1n) is 7.94. The molecule has 0 bridgehead atoms. The van der Waals surface area contributed by atoms with E-state index < -0.39 is 0 Å². The topological polar surface area (TPSA) is 68.3 Å². The van der Waals surface area contributed by atoms with Gasteiger partial charge in [0, 0.05) is 23.5 Å². The van der Waals surface area contributed by atoms with Gasteiger partial charge >= 0.3 is 0 Å². The summed E-state index contributed by atoms with van der Waals surface area (Å²) in [6.45, 7) is 1.79. The van der Waals surface area contributed by atoms with Crippen molar-refractivity contribution in [3.63, 3.8) is 0 Å². The highest BCUT2D eigenvalue weighted by atomic mass is 19.1. The zero-order chi connectivity index (χ0) is 18.5. The summed E-state index contributed by atoms with van der Waals surface area (Å²) in [5, 5.41) is 6.28. The molecule has 134 valence electrons.